The maximum absolute atomic E-state index is 11.4. The quantitative estimate of drug-likeness (QED) is 0.785. The minimum Gasteiger partial charge on any atom is -0.478 e. The Bertz CT molecular complexity index is 617. The molecule has 0 aromatic heterocycles. The zero-order valence-corrected chi connectivity index (χ0v) is 10.7. The molecule has 0 radical (unpaired) electrons. The molecule has 1 aromatic rings. The first-order chi connectivity index (χ1) is 9.60. The lowest BCUT2D eigenvalue weighted by Crippen LogP contribution is -2.47. The fourth-order valence-corrected chi connectivity index (χ4v) is 2.03. The van der Waals surface area contributed by atoms with Crippen molar-refractivity contribution >= 4 is 23.6 Å². The third-order valence-electron chi connectivity index (χ3n) is 2.94. The number of anilines is 1. The van der Waals surface area contributed by atoms with Crippen molar-refractivity contribution in [2.75, 3.05) is 24.5 Å². The molecule has 0 unspecified atom stereocenters. The number of nitrogens with one attached hydrogen (secondary N) is 1. The van der Waals surface area contributed by atoms with Crippen LogP contribution in [-0.4, -0.2) is 36.6 Å². The molecule has 1 aliphatic heterocycles. The van der Waals surface area contributed by atoms with Gasteiger partial charge >= 0.3 is 5.97 Å². The van der Waals surface area contributed by atoms with Crippen molar-refractivity contribution in [3.63, 3.8) is 0 Å². The van der Waals surface area contributed by atoms with E-state index < -0.39 is 5.97 Å². The molecule has 1 amide bonds. The van der Waals surface area contributed by atoms with Gasteiger partial charge in [0.05, 0.1) is 17.8 Å². The van der Waals surface area contributed by atoms with Crippen molar-refractivity contribution in [3.8, 4) is 6.07 Å². The van der Waals surface area contributed by atoms with E-state index in [9.17, 15) is 14.9 Å². The molecular weight excluding hydrogens is 258 g/mol. The molecule has 0 aliphatic carbocycles. The van der Waals surface area contributed by atoms with Crippen molar-refractivity contribution in [1.29, 1.82) is 5.26 Å². The lowest BCUT2D eigenvalue weighted by atomic mass is 10.1. The molecule has 1 aliphatic rings. The van der Waals surface area contributed by atoms with Gasteiger partial charge < -0.3 is 15.3 Å². The van der Waals surface area contributed by atoms with Gasteiger partial charge in [-0.2, -0.15) is 5.26 Å². The Balaban J connectivity index is 2.28. The summed E-state index contributed by atoms with van der Waals surface area (Å²) in [5.41, 5.74) is 1.75. The van der Waals surface area contributed by atoms with Crippen molar-refractivity contribution in [1.82, 2.24) is 5.32 Å². The molecule has 0 saturated carbocycles. The summed E-state index contributed by atoms with van der Waals surface area (Å²) in [6, 6.07) is 7.15. The molecule has 20 heavy (non-hydrogen) atoms. The van der Waals surface area contributed by atoms with E-state index >= 15 is 0 Å². The Labute approximate surface area is 115 Å². The summed E-state index contributed by atoms with van der Waals surface area (Å²) < 4.78 is 0. The van der Waals surface area contributed by atoms with Gasteiger partial charge in [0, 0.05) is 19.2 Å². The molecule has 6 nitrogen and oxygen atoms in total. The van der Waals surface area contributed by atoms with E-state index in [2.05, 4.69) is 11.4 Å². The zero-order chi connectivity index (χ0) is 14.5. The number of hydrogen-bond donors (Lipinski definition) is 2. The van der Waals surface area contributed by atoms with Crippen LogP contribution in [0, 0.1) is 11.3 Å². The summed E-state index contributed by atoms with van der Waals surface area (Å²) in [6.07, 6.45) is 2.44. The molecule has 1 aromatic carbocycles. The SMILES string of the molecule is N#Cc1cc(/C=C/C(=O)O)ccc1N1CCNC(=O)C1. The van der Waals surface area contributed by atoms with Gasteiger partial charge in [-0.15, -0.1) is 0 Å². The summed E-state index contributed by atoms with van der Waals surface area (Å²) in [6.45, 7) is 1.41. The first-order valence-electron chi connectivity index (χ1n) is 6.07. The standard InChI is InChI=1S/C14H13N3O3/c15-8-11-7-10(2-4-14(19)20)1-3-12(11)17-6-5-16-13(18)9-17/h1-4,7H,5-6,9H2,(H,16,18)(H,19,20)/b4-2+. The van der Waals surface area contributed by atoms with Crippen molar-refractivity contribution in [2.24, 2.45) is 0 Å². The van der Waals surface area contributed by atoms with Crippen LogP contribution < -0.4 is 10.2 Å². The summed E-state index contributed by atoms with van der Waals surface area (Å²) in [7, 11) is 0. The summed E-state index contributed by atoms with van der Waals surface area (Å²) in [5.74, 6) is -1.12. The van der Waals surface area contributed by atoms with Crippen LogP contribution in [0.1, 0.15) is 11.1 Å². The topological polar surface area (TPSA) is 93.4 Å². The largest absolute Gasteiger partial charge is 0.478 e. The highest BCUT2D eigenvalue weighted by Gasteiger charge is 2.18. The number of carbonyl (C=O) groups is 2. The number of nitrogens with zero attached hydrogens (tertiary/aromatic N) is 2. The van der Waals surface area contributed by atoms with Crippen LogP contribution in [0.15, 0.2) is 24.3 Å². The molecular formula is C14H13N3O3. The first kappa shape index (κ1) is 13.6. The average molecular weight is 271 g/mol. The van der Waals surface area contributed by atoms with Crippen LogP contribution in [-0.2, 0) is 9.59 Å². The summed E-state index contributed by atoms with van der Waals surface area (Å²) >= 11 is 0. The smallest absolute Gasteiger partial charge is 0.328 e. The van der Waals surface area contributed by atoms with E-state index in [4.69, 9.17) is 5.11 Å². The lowest BCUT2D eigenvalue weighted by Gasteiger charge is -2.29. The Kier molecular flexibility index (Phi) is 4.01. The van der Waals surface area contributed by atoms with Crippen LogP contribution in [0.2, 0.25) is 0 Å². The van der Waals surface area contributed by atoms with Gasteiger partial charge in [-0.3, -0.25) is 4.79 Å². The second kappa shape index (κ2) is 5.89. The molecule has 2 N–H and O–H groups in total. The highest BCUT2D eigenvalue weighted by atomic mass is 16.4. The van der Waals surface area contributed by atoms with Gasteiger partial charge in [-0.1, -0.05) is 6.07 Å². The third-order valence-corrected chi connectivity index (χ3v) is 2.94. The number of piperazine rings is 1. The Morgan fingerprint density at radius 2 is 2.30 bits per heavy atom. The summed E-state index contributed by atoms with van der Waals surface area (Å²) in [5, 5.41) is 20.5. The maximum atomic E-state index is 11.4. The van der Waals surface area contributed by atoms with Crippen molar-refractivity contribution in [3.05, 3.63) is 35.4 Å². The highest BCUT2D eigenvalue weighted by Crippen LogP contribution is 2.22. The Morgan fingerprint density at radius 3 is 2.95 bits per heavy atom. The average Bonchev–Trinajstić information content (AvgIpc) is 2.44. The highest BCUT2D eigenvalue weighted by molar-refractivity contribution is 5.86. The normalized spacial score (nSPS) is 14.9. The lowest BCUT2D eigenvalue weighted by molar-refractivity contribution is -0.131. The number of hydrogen-bond acceptors (Lipinski definition) is 4. The van der Waals surface area contributed by atoms with Crippen LogP contribution in [0.4, 0.5) is 5.69 Å². The predicted octanol–water partition coefficient (Wildman–Crippen LogP) is 0.592. The maximum Gasteiger partial charge on any atom is 0.328 e. The number of rotatable bonds is 3. The second-order valence-corrected chi connectivity index (χ2v) is 4.33. The van der Waals surface area contributed by atoms with Crippen LogP contribution in [0.25, 0.3) is 6.08 Å². The predicted molar refractivity (Wildman–Crippen MR) is 73.0 cm³/mol. The van der Waals surface area contributed by atoms with E-state index in [1.807, 2.05) is 4.90 Å². The van der Waals surface area contributed by atoms with Gasteiger partial charge in [0.1, 0.15) is 6.07 Å². The number of carboxylic acid groups (broad SMARTS) is 1. The number of aliphatic carboxylic acids is 1. The van der Waals surface area contributed by atoms with Gasteiger partial charge in [0.25, 0.3) is 0 Å². The van der Waals surface area contributed by atoms with Crippen LogP contribution in [0.3, 0.4) is 0 Å². The number of carboxylic acids is 1. The van der Waals surface area contributed by atoms with E-state index in [1.54, 1.807) is 18.2 Å². The molecule has 6 heteroatoms. The summed E-state index contributed by atoms with van der Waals surface area (Å²) in [4.78, 5) is 23.7. The van der Waals surface area contributed by atoms with E-state index in [0.29, 0.717) is 29.9 Å². The Morgan fingerprint density at radius 1 is 1.50 bits per heavy atom. The molecule has 1 saturated heterocycles. The molecule has 0 bridgehead atoms. The molecule has 2 rings (SSSR count). The number of benzene rings is 1. The van der Waals surface area contributed by atoms with Gasteiger partial charge in [-0.25, -0.2) is 4.79 Å². The monoisotopic (exact) mass is 271 g/mol. The molecule has 1 fully saturated rings. The molecule has 0 atom stereocenters. The van der Waals surface area contributed by atoms with Crippen LogP contribution >= 0.6 is 0 Å². The molecule has 1 heterocycles. The zero-order valence-electron chi connectivity index (χ0n) is 10.7. The van der Waals surface area contributed by atoms with Gasteiger partial charge in [0.15, 0.2) is 0 Å². The minimum absolute atomic E-state index is 0.0741. The number of amides is 1. The molecule has 0 spiro atoms. The second-order valence-electron chi connectivity index (χ2n) is 4.33. The first-order valence-corrected chi connectivity index (χ1v) is 6.07. The Hall–Kier alpha value is -2.81. The minimum atomic E-state index is -1.04. The number of nitriles is 1. The van der Waals surface area contributed by atoms with Crippen LogP contribution in [0.5, 0.6) is 0 Å². The van der Waals surface area contributed by atoms with Crippen molar-refractivity contribution in [2.45, 2.75) is 0 Å². The van der Waals surface area contributed by atoms with E-state index in [0.717, 1.165) is 6.08 Å². The molecule has 102 valence electrons. The fraction of sp³-hybridized carbons (Fsp3) is 0.214. The third kappa shape index (κ3) is 3.14. The van der Waals surface area contributed by atoms with E-state index in [-0.39, 0.29) is 12.5 Å². The van der Waals surface area contributed by atoms with Gasteiger partial charge in [-0.05, 0) is 23.8 Å². The van der Waals surface area contributed by atoms with E-state index in [1.165, 1.54) is 6.08 Å². The van der Waals surface area contributed by atoms with Crippen molar-refractivity contribution < 1.29 is 14.7 Å². The van der Waals surface area contributed by atoms with Gasteiger partial charge in [0.2, 0.25) is 5.91 Å². The fourth-order valence-electron chi connectivity index (χ4n) is 2.03. The number of carbonyl (C=O) groups excluding carboxylic acids is 1.